The quantitative estimate of drug-likeness (QED) is 0.814. The van der Waals surface area contributed by atoms with Crippen molar-refractivity contribution in [3.05, 3.63) is 30.4 Å². The van der Waals surface area contributed by atoms with Crippen molar-refractivity contribution in [1.29, 1.82) is 0 Å². The van der Waals surface area contributed by atoms with Gasteiger partial charge in [0.2, 0.25) is 5.95 Å². The third-order valence-corrected chi connectivity index (χ3v) is 2.18. The molecule has 2 aromatic heterocycles. The molecule has 0 amide bonds. The molecular weight excluding hydrogens is 293 g/mol. The second kappa shape index (κ2) is 5.33. The van der Waals surface area contributed by atoms with E-state index in [0.717, 1.165) is 6.07 Å². The van der Waals surface area contributed by atoms with Crippen LogP contribution in [0, 0.1) is 0 Å². The predicted octanol–water partition coefficient (Wildman–Crippen LogP) is 1.61. The van der Waals surface area contributed by atoms with Gasteiger partial charge in [0.1, 0.15) is 5.69 Å². The minimum Gasteiger partial charge on any atom is -0.376 e. The van der Waals surface area contributed by atoms with E-state index in [1.807, 2.05) is 0 Å². The summed E-state index contributed by atoms with van der Waals surface area (Å²) in [5.41, 5.74) is 4.20. The van der Waals surface area contributed by atoms with Crippen molar-refractivity contribution >= 4 is 23.3 Å². The molecule has 0 aliphatic carbocycles. The van der Waals surface area contributed by atoms with Crippen LogP contribution in [0.15, 0.2) is 24.7 Å². The molecule has 10 heteroatoms. The van der Waals surface area contributed by atoms with Gasteiger partial charge < -0.3 is 11.1 Å². The molecule has 104 valence electrons. The molecule has 2 aromatic rings. The van der Waals surface area contributed by atoms with Gasteiger partial charge in [0.15, 0.2) is 10.8 Å². The van der Waals surface area contributed by atoms with Crippen LogP contribution >= 0.6 is 12.2 Å². The van der Waals surface area contributed by atoms with Gasteiger partial charge in [-0.25, -0.2) is 9.97 Å². The van der Waals surface area contributed by atoms with Crippen molar-refractivity contribution in [3.8, 4) is 11.4 Å². The summed E-state index contributed by atoms with van der Waals surface area (Å²) in [6, 6.07) is 0.773. The fourth-order valence-electron chi connectivity index (χ4n) is 1.32. The Morgan fingerprint density at radius 3 is 2.50 bits per heavy atom. The number of halogens is 3. The molecule has 3 N–H and O–H groups in total. The molecular formula is C10H7F3N6S. The van der Waals surface area contributed by atoms with E-state index in [2.05, 4.69) is 37.5 Å². The van der Waals surface area contributed by atoms with E-state index in [1.165, 1.54) is 18.6 Å². The summed E-state index contributed by atoms with van der Waals surface area (Å²) < 4.78 is 38.3. The average molecular weight is 300 g/mol. The van der Waals surface area contributed by atoms with Crippen LogP contribution in [0.4, 0.5) is 19.1 Å². The molecule has 0 fully saturated rings. The highest BCUT2D eigenvalue weighted by molar-refractivity contribution is 7.80. The average Bonchev–Trinajstić information content (AvgIpc) is 2.37. The summed E-state index contributed by atoms with van der Waals surface area (Å²) in [4.78, 5) is 14.8. The van der Waals surface area contributed by atoms with Crippen LogP contribution in [0.2, 0.25) is 0 Å². The van der Waals surface area contributed by atoms with Crippen LogP contribution in [0.1, 0.15) is 5.69 Å². The lowest BCUT2D eigenvalue weighted by atomic mass is 10.2. The molecule has 0 aliphatic heterocycles. The number of nitrogens with zero attached hydrogens (tertiary/aromatic N) is 4. The van der Waals surface area contributed by atoms with E-state index in [9.17, 15) is 13.2 Å². The number of rotatable bonds is 2. The lowest BCUT2D eigenvalue weighted by molar-refractivity contribution is -0.141. The number of alkyl halides is 3. The molecule has 0 atom stereocenters. The van der Waals surface area contributed by atoms with Crippen molar-refractivity contribution in [2.45, 2.75) is 6.18 Å². The highest BCUT2D eigenvalue weighted by Crippen LogP contribution is 2.30. The van der Waals surface area contributed by atoms with Crippen LogP contribution < -0.4 is 11.1 Å². The maximum Gasteiger partial charge on any atom is 0.433 e. The summed E-state index contributed by atoms with van der Waals surface area (Å²) in [5, 5.41) is 2.02. The van der Waals surface area contributed by atoms with Gasteiger partial charge in [0.05, 0.1) is 11.9 Å². The monoisotopic (exact) mass is 300 g/mol. The lowest BCUT2D eigenvalue weighted by Crippen LogP contribution is -2.22. The maximum absolute atomic E-state index is 12.8. The van der Waals surface area contributed by atoms with E-state index in [0.29, 0.717) is 0 Å². The first kappa shape index (κ1) is 14.1. The van der Waals surface area contributed by atoms with E-state index in [-0.39, 0.29) is 22.4 Å². The van der Waals surface area contributed by atoms with E-state index >= 15 is 0 Å². The van der Waals surface area contributed by atoms with Crippen LogP contribution in [-0.4, -0.2) is 25.0 Å². The topological polar surface area (TPSA) is 89.6 Å². The molecule has 0 aromatic carbocycles. The summed E-state index contributed by atoms with van der Waals surface area (Å²) in [6.07, 6.45) is -0.617. The Morgan fingerprint density at radius 2 is 1.95 bits per heavy atom. The largest absolute Gasteiger partial charge is 0.433 e. The van der Waals surface area contributed by atoms with Crippen molar-refractivity contribution in [2.24, 2.45) is 5.73 Å². The van der Waals surface area contributed by atoms with Crippen LogP contribution in [0.25, 0.3) is 11.4 Å². The van der Waals surface area contributed by atoms with Crippen LogP contribution in [0.5, 0.6) is 0 Å². The highest BCUT2D eigenvalue weighted by Gasteiger charge is 2.34. The Hall–Kier alpha value is -2.36. The van der Waals surface area contributed by atoms with Gasteiger partial charge >= 0.3 is 6.18 Å². The zero-order chi connectivity index (χ0) is 14.8. The smallest absolute Gasteiger partial charge is 0.376 e. The second-order valence-electron chi connectivity index (χ2n) is 3.54. The molecule has 0 saturated heterocycles. The van der Waals surface area contributed by atoms with Crippen molar-refractivity contribution in [2.75, 3.05) is 5.32 Å². The SMILES string of the molecule is NC(=S)Nc1nc(-c2cnccn2)cc(C(F)(F)F)n1. The minimum absolute atomic E-state index is 0.0424. The summed E-state index contributed by atoms with van der Waals surface area (Å²) in [5.74, 6) is -0.354. The molecule has 0 radical (unpaired) electrons. The fraction of sp³-hybridized carbons (Fsp3) is 0.100. The zero-order valence-electron chi connectivity index (χ0n) is 9.72. The van der Waals surface area contributed by atoms with Crippen molar-refractivity contribution in [3.63, 3.8) is 0 Å². The summed E-state index contributed by atoms with van der Waals surface area (Å²) in [6.45, 7) is 0. The van der Waals surface area contributed by atoms with Crippen LogP contribution in [0.3, 0.4) is 0 Å². The highest BCUT2D eigenvalue weighted by atomic mass is 32.1. The number of anilines is 1. The molecule has 2 heterocycles. The first-order valence-corrected chi connectivity index (χ1v) is 5.56. The van der Waals surface area contributed by atoms with Gasteiger partial charge in [-0.1, -0.05) is 0 Å². The number of hydrogen-bond donors (Lipinski definition) is 2. The van der Waals surface area contributed by atoms with Crippen molar-refractivity contribution in [1.82, 2.24) is 19.9 Å². The third-order valence-electron chi connectivity index (χ3n) is 2.08. The molecule has 0 saturated carbocycles. The number of thiocarbonyl (C=S) groups is 1. The van der Waals surface area contributed by atoms with Gasteiger partial charge in [-0.2, -0.15) is 13.2 Å². The number of nitrogens with two attached hydrogens (primary N) is 1. The molecule has 20 heavy (non-hydrogen) atoms. The Bertz CT molecular complexity index is 631. The fourth-order valence-corrected chi connectivity index (χ4v) is 1.41. The number of hydrogen-bond acceptors (Lipinski definition) is 5. The minimum atomic E-state index is -4.63. The number of aromatic nitrogens is 4. The molecule has 6 nitrogen and oxygen atoms in total. The van der Waals surface area contributed by atoms with Gasteiger partial charge in [-0.05, 0) is 18.3 Å². The molecule has 0 bridgehead atoms. The Labute approximate surface area is 116 Å². The van der Waals surface area contributed by atoms with Gasteiger partial charge in [-0.15, -0.1) is 0 Å². The Balaban J connectivity index is 2.54. The first-order valence-electron chi connectivity index (χ1n) is 5.15. The van der Waals surface area contributed by atoms with Crippen LogP contribution in [-0.2, 0) is 6.18 Å². The van der Waals surface area contributed by atoms with Gasteiger partial charge in [0, 0.05) is 12.4 Å². The second-order valence-corrected chi connectivity index (χ2v) is 3.98. The van der Waals surface area contributed by atoms with E-state index < -0.39 is 11.9 Å². The third kappa shape index (κ3) is 3.35. The zero-order valence-corrected chi connectivity index (χ0v) is 10.5. The van der Waals surface area contributed by atoms with E-state index in [1.54, 1.807) is 0 Å². The summed E-state index contributed by atoms with van der Waals surface area (Å²) >= 11 is 4.55. The molecule has 2 rings (SSSR count). The van der Waals surface area contributed by atoms with Crippen molar-refractivity contribution < 1.29 is 13.2 Å². The first-order chi connectivity index (χ1) is 9.36. The van der Waals surface area contributed by atoms with Gasteiger partial charge in [0.25, 0.3) is 0 Å². The number of nitrogens with one attached hydrogen (secondary N) is 1. The van der Waals surface area contributed by atoms with E-state index in [4.69, 9.17) is 5.73 Å². The normalized spacial score (nSPS) is 11.2. The Morgan fingerprint density at radius 1 is 1.20 bits per heavy atom. The standard InChI is InChI=1S/C10H7F3N6S/c11-10(12,13)7-3-5(6-4-15-1-2-16-6)17-9(18-7)19-8(14)20/h1-4H,(H3,14,17,18,19,20). The summed E-state index contributed by atoms with van der Waals surface area (Å²) in [7, 11) is 0. The van der Waals surface area contributed by atoms with Gasteiger partial charge in [-0.3, -0.25) is 9.97 Å². The Kier molecular flexibility index (Phi) is 3.74. The maximum atomic E-state index is 12.8. The molecule has 0 spiro atoms. The molecule has 0 unspecified atom stereocenters. The molecule has 0 aliphatic rings. The lowest BCUT2D eigenvalue weighted by Gasteiger charge is -2.10. The predicted molar refractivity (Wildman–Crippen MR) is 68.5 cm³/mol.